The van der Waals surface area contributed by atoms with E-state index in [0.717, 1.165) is 16.3 Å². The topological polar surface area (TPSA) is 103 Å². The van der Waals surface area contributed by atoms with Gasteiger partial charge in [-0.3, -0.25) is 14.9 Å². The van der Waals surface area contributed by atoms with Gasteiger partial charge in [0.15, 0.2) is 11.5 Å². The lowest BCUT2D eigenvalue weighted by atomic mass is 10.1. The molecule has 1 fully saturated rings. The van der Waals surface area contributed by atoms with Crippen LogP contribution in [0.5, 0.6) is 17.2 Å². The maximum absolute atomic E-state index is 12.6. The minimum Gasteiger partial charge on any atom is -0.493 e. The maximum Gasteiger partial charge on any atom is 0.250 e. The van der Waals surface area contributed by atoms with Crippen molar-refractivity contribution < 1.29 is 23.8 Å². The molecular formula is C25H26N4O5S. The number of ether oxygens (including phenoxy) is 3. The van der Waals surface area contributed by atoms with E-state index in [2.05, 4.69) is 15.5 Å². The van der Waals surface area contributed by atoms with E-state index in [1.807, 2.05) is 31.2 Å². The number of methoxy groups -OCH3 is 3. The summed E-state index contributed by atoms with van der Waals surface area (Å²) in [5.74, 6) is 1.09. The zero-order valence-electron chi connectivity index (χ0n) is 19.9. The van der Waals surface area contributed by atoms with Crippen molar-refractivity contribution in [2.24, 2.45) is 0 Å². The molecule has 35 heavy (non-hydrogen) atoms. The van der Waals surface area contributed by atoms with Crippen LogP contribution in [-0.4, -0.2) is 49.9 Å². The van der Waals surface area contributed by atoms with Crippen molar-refractivity contribution in [3.05, 3.63) is 58.6 Å². The molecule has 0 spiro atoms. The fourth-order valence-electron chi connectivity index (χ4n) is 3.89. The van der Waals surface area contributed by atoms with E-state index in [0.29, 0.717) is 40.9 Å². The second kappa shape index (κ2) is 10.6. The highest BCUT2D eigenvalue weighted by atomic mass is 32.1. The molecular weight excluding hydrogens is 468 g/mol. The monoisotopic (exact) mass is 494 g/mol. The average molecular weight is 495 g/mol. The zero-order valence-corrected chi connectivity index (χ0v) is 20.7. The Labute approximate surface area is 207 Å². The summed E-state index contributed by atoms with van der Waals surface area (Å²) in [5.41, 5.74) is 2.68. The van der Waals surface area contributed by atoms with E-state index in [-0.39, 0.29) is 17.7 Å². The van der Waals surface area contributed by atoms with E-state index in [1.165, 1.54) is 38.7 Å². The van der Waals surface area contributed by atoms with Crippen molar-refractivity contribution in [1.29, 1.82) is 0 Å². The summed E-state index contributed by atoms with van der Waals surface area (Å²) < 4.78 is 16.0. The number of carbonyl (C=O) groups is 2. The standard InChI is InChI=1S/C25H26N4O5S/c1-15-6-5-7-18(10-15)29-14-17(13-22(29)31)24-27-28-25(35-24)26-21(30)9-8-16-11-19(32-2)23(34-4)20(12-16)33-3/h5-12,17H,13-14H2,1-4H3,(H,26,28,30)/b9-8+. The van der Waals surface area contributed by atoms with E-state index in [1.54, 1.807) is 23.1 Å². The van der Waals surface area contributed by atoms with Crippen molar-refractivity contribution >= 4 is 40.0 Å². The summed E-state index contributed by atoms with van der Waals surface area (Å²) in [6.45, 7) is 2.53. The zero-order chi connectivity index (χ0) is 24.9. The number of nitrogens with zero attached hydrogens (tertiary/aromatic N) is 3. The normalized spacial score (nSPS) is 15.5. The van der Waals surface area contributed by atoms with Gasteiger partial charge in [0.1, 0.15) is 5.01 Å². The molecule has 0 bridgehead atoms. The third-order valence-electron chi connectivity index (χ3n) is 5.57. The van der Waals surface area contributed by atoms with Crippen LogP contribution in [0.1, 0.15) is 28.5 Å². The molecule has 1 aliphatic rings. The second-order valence-corrected chi connectivity index (χ2v) is 8.98. The first kappa shape index (κ1) is 24.2. The Balaban J connectivity index is 1.41. The molecule has 9 nitrogen and oxygen atoms in total. The fraction of sp³-hybridized carbons (Fsp3) is 0.280. The van der Waals surface area contributed by atoms with Crippen LogP contribution in [0.3, 0.4) is 0 Å². The Hall–Kier alpha value is -3.92. The molecule has 3 aromatic rings. The largest absolute Gasteiger partial charge is 0.493 e. The lowest BCUT2D eigenvalue weighted by molar-refractivity contribution is -0.117. The Morgan fingerprint density at radius 2 is 1.86 bits per heavy atom. The predicted octanol–water partition coefficient (Wildman–Crippen LogP) is 4.04. The van der Waals surface area contributed by atoms with Crippen LogP contribution in [-0.2, 0) is 9.59 Å². The number of hydrogen-bond acceptors (Lipinski definition) is 8. The molecule has 10 heteroatoms. The molecule has 0 aliphatic carbocycles. The molecule has 1 aromatic heterocycles. The number of carbonyl (C=O) groups excluding carboxylic acids is 2. The van der Waals surface area contributed by atoms with Gasteiger partial charge in [-0.1, -0.05) is 23.5 Å². The molecule has 0 saturated carbocycles. The minimum absolute atomic E-state index is 0.0506. The summed E-state index contributed by atoms with van der Waals surface area (Å²) in [5, 5.41) is 12.1. The van der Waals surface area contributed by atoms with Gasteiger partial charge in [0, 0.05) is 30.6 Å². The smallest absolute Gasteiger partial charge is 0.250 e. The Morgan fingerprint density at radius 3 is 2.51 bits per heavy atom. The molecule has 1 atom stereocenters. The van der Waals surface area contributed by atoms with Gasteiger partial charge in [0.25, 0.3) is 0 Å². The van der Waals surface area contributed by atoms with Crippen LogP contribution in [0.2, 0.25) is 0 Å². The SMILES string of the molecule is COc1cc(/C=C/C(=O)Nc2nnc(C3CC(=O)N(c4cccc(C)c4)C3)s2)cc(OC)c1OC. The van der Waals surface area contributed by atoms with Crippen LogP contribution in [0.4, 0.5) is 10.8 Å². The Morgan fingerprint density at radius 1 is 1.11 bits per heavy atom. The summed E-state index contributed by atoms with van der Waals surface area (Å²) in [4.78, 5) is 26.8. The highest BCUT2D eigenvalue weighted by Gasteiger charge is 2.34. The van der Waals surface area contributed by atoms with Crippen LogP contribution in [0, 0.1) is 6.92 Å². The first-order valence-corrected chi connectivity index (χ1v) is 11.7. The van der Waals surface area contributed by atoms with E-state index in [4.69, 9.17) is 14.2 Å². The third kappa shape index (κ3) is 5.43. The number of rotatable bonds is 8. The molecule has 182 valence electrons. The molecule has 2 aromatic carbocycles. The highest BCUT2D eigenvalue weighted by Crippen LogP contribution is 2.38. The Bertz CT molecular complexity index is 1250. The number of anilines is 2. The predicted molar refractivity (Wildman–Crippen MR) is 135 cm³/mol. The van der Waals surface area contributed by atoms with Gasteiger partial charge in [-0.05, 0) is 48.4 Å². The number of aryl methyl sites for hydroxylation is 1. The molecule has 2 amide bonds. The summed E-state index contributed by atoms with van der Waals surface area (Å²) in [6.07, 6.45) is 3.38. The number of amides is 2. The quantitative estimate of drug-likeness (QED) is 0.471. The van der Waals surface area contributed by atoms with Gasteiger partial charge >= 0.3 is 0 Å². The molecule has 0 radical (unpaired) electrons. The van der Waals surface area contributed by atoms with Crippen LogP contribution in [0.15, 0.2) is 42.5 Å². The number of nitrogens with one attached hydrogen (secondary N) is 1. The maximum atomic E-state index is 12.6. The van der Waals surface area contributed by atoms with Gasteiger partial charge in [0.05, 0.1) is 21.3 Å². The average Bonchev–Trinajstić information content (AvgIpc) is 3.48. The van der Waals surface area contributed by atoms with Gasteiger partial charge < -0.3 is 19.1 Å². The van der Waals surface area contributed by atoms with Crippen molar-refractivity contribution in [3.8, 4) is 17.2 Å². The van der Waals surface area contributed by atoms with Gasteiger partial charge in [-0.2, -0.15) is 0 Å². The third-order valence-corrected chi connectivity index (χ3v) is 6.57. The first-order valence-electron chi connectivity index (χ1n) is 10.9. The number of benzene rings is 2. The molecule has 1 aliphatic heterocycles. The van der Waals surface area contributed by atoms with E-state index >= 15 is 0 Å². The summed E-state index contributed by atoms with van der Waals surface area (Å²) >= 11 is 1.28. The van der Waals surface area contributed by atoms with Crippen molar-refractivity contribution in [1.82, 2.24) is 10.2 Å². The van der Waals surface area contributed by atoms with Crippen LogP contribution < -0.4 is 24.4 Å². The lowest BCUT2D eigenvalue weighted by Gasteiger charge is -2.16. The second-order valence-electron chi connectivity index (χ2n) is 7.97. The molecule has 1 N–H and O–H groups in total. The lowest BCUT2D eigenvalue weighted by Crippen LogP contribution is -2.24. The Kier molecular flexibility index (Phi) is 7.31. The summed E-state index contributed by atoms with van der Waals surface area (Å²) in [7, 11) is 4.59. The van der Waals surface area contributed by atoms with Crippen molar-refractivity contribution in [2.45, 2.75) is 19.3 Å². The van der Waals surface area contributed by atoms with Crippen LogP contribution >= 0.6 is 11.3 Å². The number of hydrogen-bond donors (Lipinski definition) is 1. The van der Waals surface area contributed by atoms with Crippen molar-refractivity contribution in [3.63, 3.8) is 0 Å². The molecule has 1 unspecified atom stereocenters. The highest BCUT2D eigenvalue weighted by molar-refractivity contribution is 7.15. The van der Waals surface area contributed by atoms with Crippen LogP contribution in [0.25, 0.3) is 6.08 Å². The first-order chi connectivity index (χ1) is 16.9. The fourth-order valence-corrected chi connectivity index (χ4v) is 4.72. The van der Waals surface area contributed by atoms with Gasteiger partial charge in [0.2, 0.25) is 22.7 Å². The molecule has 1 saturated heterocycles. The molecule has 4 rings (SSSR count). The van der Waals surface area contributed by atoms with Crippen molar-refractivity contribution in [2.75, 3.05) is 38.1 Å². The van der Waals surface area contributed by atoms with Gasteiger partial charge in [-0.25, -0.2) is 0 Å². The molecule has 2 heterocycles. The van der Waals surface area contributed by atoms with E-state index in [9.17, 15) is 9.59 Å². The number of aromatic nitrogens is 2. The van der Waals surface area contributed by atoms with Gasteiger partial charge in [-0.15, -0.1) is 10.2 Å². The minimum atomic E-state index is -0.356. The van der Waals surface area contributed by atoms with E-state index < -0.39 is 0 Å². The summed E-state index contributed by atoms with van der Waals surface area (Å²) in [6, 6.07) is 11.3.